The number of carbonyl (C=O) groups excluding carboxylic acids is 4. The second-order valence-corrected chi connectivity index (χ2v) is 7.00. The third-order valence-corrected chi connectivity index (χ3v) is 4.62. The van der Waals surface area contributed by atoms with Crippen molar-refractivity contribution in [3.8, 4) is 0 Å². The fourth-order valence-electron chi connectivity index (χ4n) is 3.18. The fraction of sp³-hybridized carbons (Fsp3) is 0.217. The molecule has 31 heavy (non-hydrogen) atoms. The summed E-state index contributed by atoms with van der Waals surface area (Å²) >= 11 is 0. The molecule has 3 rings (SSSR count). The van der Waals surface area contributed by atoms with Gasteiger partial charge in [0.2, 0.25) is 11.8 Å². The maximum Gasteiger partial charge on any atom is 0.325 e. The van der Waals surface area contributed by atoms with Crippen LogP contribution in [0.1, 0.15) is 18.9 Å². The van der Waals surface area contributed by atoms with Gasteiger partial charge < -0.3 is 20.3 Å². The Morgan fingerprint density at radius 3 is 2.61 bits per heavy atom. The number of ether oxygens (including phenoxy) is 1. The predicted molar refractivity (Wildman–Crippen MR) is 116 cm³/mol. The molecule has 0 saturated heterocycles. The Balaban J connectivity index is 1.52. The summed E-state index contributed by atoms with van der Waals surface area (Å²) in [4.78, 5) is 50.0. The number of hydrogen-bond donors (Lipinski definition) is 2. The number of rotatable bonds is 6. The highest BCUT2D eigenvalue weighted by Crippen LogP contribution is 2.31. The summed E-state index contributed by atoms with van der Waals surface area (Å²) in [7, 11) is 0. The van der Waals surface area contributed by atoms with Crippen molar-refractivity contribution >= 4 is 41.1 Å². The zero-order valence-corrected chi connectivity index (χ0v) is 17.0. The zero-order chi connectivity index (χ0) is 22.2. The molecule has 8 heteroatoms. The molecule has 0 aliphatic carbocycles. The summed E-state index contributed by atoms with van der Waals surface area (Å²) in [6.07, 6.45) is 3.06. The molecule has 160 valence electrons. The van der Waals surface area contributed by atoms with Crippen LogP contribution in [-0.4, -0.2) is 42.9 Å². The molecule has 2 aromatic rings. The molecule has 2 N–H and O–H groups in total. The van der Waals surface area contributed by atoms with E-state index in [4.69, 9.17) is 4.74 Å². The lowest BCUT2D eigenvalue weighted by Crippen LogP contribution is -2.42. The number of anilines is 2. The first kappa shape index (κ1) is 21.8. The van der Waals surface area contributed by atoms with Crippen molar-refractivity contribution in [2.24, 2.45) is 0 Å². The second kappa shape index (κ2) is 10.2. The van der Waals surface area contributed by atoms with Gasteiger partial charge in [-0.1, -0.05) is 42.5 Å². The minimum Gasteiger partial charge on any atom is -0.454 e. The van der Waals surface area contributed by atoms with Gasteiger partial charge in [0, 0.05) is 18.5 Å². The van der Waals surface area contributed by atoms with Crippen LogP contribution in [0.5, 0.6) is 0 Å². The minimum atomic E-state index is -0.736. The Morgan fingerprint density at radius 1 is 1.13 bits per heavy atom. The van der Waals surface area contributed by atoms with Crippen molar-refractivity contribution in [3.05, 3.63) is 66.2 Å². The molecule has 1 aliphatic heterocycles. The van der Waals surface area contributed by atoms with Gasteiger partial charge in [0.25, 0.3) is 5.91 Å². The molecule has 0 fully saturated rings. The van der Waals surface area contributed by atoms with E-state index in [2.05, 4.69) is 10.6 Å². The van der Waals surface area contributed by atoms with Crippen LogP contribution in [0.4, 0.5) is 11.4 Å². The second-order valence-electron chi connectivity index (χ2n) is 7.00. The van der Waals surface area contributed by atoms with Crippen LogP contribution in [0.2, 0.25) is 0 Å². The molecule has 8 nitrogen and oxygen atoms in total. The minimum absolute atomic E-state index is 0.123. The number of fused-ring (bicyclic) bond motifs is 1. The lowest BCUT2D eigenvalue weighted by atomic mass is 10.1. The summed E-state index contributed by atoms with van der Waals surface area (Å²) in [5, 5.41) is 5.18. The molecule has 0 bridgehead atoms. The Labute approximate surface area is 179 Å². The largest absolute Gasteiger partial charge is 0.454 e. The maximum atomic E-state index is 12.7. The summed E-state index contributed by atoms with van der Waals surface area (Å²) in [6, 6.07) is 15.8. The van der Waals surface area contributed by atoms with Gasteiger partial charge in [-0.3, -0.25) is 19.2 Å². The van der Waals surface area contributed by atoms with E-state index in [1.165, 1.54) is 11.0 Å². The molecule has 0 unspecified atom stereocenters. The van der Waals surface area contributed by atoms with Crippen LogP contribution in [0.3, 0.4) is 0 Å². The van der Waals surface area contributed by atoms with E-state index in [1.54, 1.807) is 37.3 Å². The van der Waals surface area contributed by atoms with Crippen molar-refractivity contribution in [3.63, 3.8) is 0 Å². The van der Waals surface area contributed by atoms with Crippen molar-refractivity contribution < 1.29 is 23.9 Å². The van der Waals surface area contributed by atoms with E-state index in [1.807, 2.05) is 30.3 Å². The molecule has 0 aromatic heterocycles. The van der Waals surface area contributed by atoms with Crippen LogP contribution >= 0.6 is 0 Å². The third-order valence-electron chi connectivity index (χ3n) is 4.62. The van der Waals surface area contributed by atoms with Crippen molar-refractivity contribution in [1.29, 1.82) is 0 Å². The van der Waals surface area contributed by atoms with E-state index in [0.29, 0.717) is 11.4 Å². The van der Waals surface area contributed by atoms with Crippen molar-refractivity contribution in [2.75, 3.05) is 23.4 Å². The fourth-order valence-corrected chi connectivity index (χ4v) is 3.18. The Bertz CT molecular complexity index is 1000. The molecule has 3 amide bonds. The average Bonchev–Trinajstić information content (AvgIpc) is 2.89. The normalized spacial score (nSPS) is 15.6. The van der Waals surface area contributed by atoms with Crippen molar-refractivity contribution in [2.45, 2.75) is 19.4 Å². The zero-order valence-electron chi connectivity index (χ0n) is 17.0. The first-order valence-electron chi connectivity index (χ1n) is 9.81. The monoisotopic (exact) mass is 421 g/mol. The third kappa shape index (κ3) is 6.02. The highest BCUT2D eigenvalue weighted by Gasteiger charge is 2.30. The maximum absolute atomic E-state index is 12.7. The smallest absolute Gasteiger partial charge is 0.325 e. The predicted octanol–water partition coefficient (Wildman–Crippen LogP) is 2.12. The standard InChI is InChI=1S/C23H23N3O5/c1-16-13-21(28)25-18-9-5-6-10-19(18)26(16)22(29)15-31-23(30)14-24-20(27)12-11-17-7-3-2-4-8-17/h2-12,16H,13-15H2,1H3,(H,24,27)(H,25,28)/b12-11+/t16-/m1/s1. The summed E-state index contributed by atoms with van der Waals surface area (Å²) < 4.78 is 5.03. The van der Waals surface area contributed by atoms with Crippen LogP contribution in [-0.2, 0) is 23.9 Å². The number of para-hydroxylation sites is 2. The highest BCUT2D eigenvalue weighted by molar-refractivity contribution is 6.05. The number of hydrogen-bond acceptors (Lipinski definition) is 5. The van der Waals surface area contributed by atoms with Gasteiger partial charge in [-0.05, 0) is 30.7 Å². The lowest BCUT2D eigenvalue weighted by molar-refractivity contribution is -0.147. The Morgan fingerprint density at radius 2 is 1.84 bits per heavy atom. The van der Waals surface area contributed by atoms with Gasteiger partial charge in [-0.15, -0.1) is 0 Å². The number of nitrogens with zero attached hydrogens (tertiary/aromatic N) is 1. The Kier molecular flexibility index (Phi) is 7.16. The molecule has 1 aliphatic rings. The summed E-state index contributed by atoms with van der Waals surface area (Å²) in [5.41, 5.74) is 1.92. The molecule has 1 heterocycles. The number of amides is 3. The molecular formula is C23H23N3O5. The molecular weight excluding hydrogens is 398 g/mol. The molecule has 1 atom stereocenters. The molecule has 0 saturated carbocycles. The van der Waals surface area contributed by atoms with Gasteiger partial charge in [0.1, 0.15) is 6.54 Å². The summed E-state index contributed by atoms with van der Waals surface area (Å²) in [5.74, 6) is -1.84. The lowest BCUT2D eigenvalue weighted by Gasteiger charge is -2.27. The van der Waals surface area contributed by atoms with E-state index in [-0.39, 0.29) is 18.9 Å². The molecule has 0 spiro atoms. The van der Waals surface area contributed by atoms with Crippen LogP contribution < -0.4 is 15.5 Å². The van der Waals surface area contributed by atoms with E-state index in [9.17, 15) is 19.2 Å². The molecule has 0 radical (unpaired) electrons. The van der Waals surface area contributed by atoms with Crippen LogP contribution in [0.25, 0.3) is 6.08 Å². The van der Waals surface area contributed by atoms with Crippen LogP contribution in [0.15, 0.2) is 60.7 Å². The van der Waals surface area contributed by atoms with Gasteiger partial charge in [0.05, 0.1) is 11.4 Å². The van der Waals surface area contributed by atoms with Gasteiger partial charge in [-0.2, -0.15) is 0 Å². The Hall–Kier alpha value is -3.94. The van der Waals surface area contributed by atoms with E-state index in [0.717, 1.165) is 5.56 Å². The quantitative estimate of drug-likeness (QED) is 0.549. The SMILES string of the molecule is C[C@@H]1CC(=O)Nc2ccccc2N1C(=O)COC(=O)CNC(=O)/C=C/c1ccccc1. The van der Waals surface area contributed by atoms with Gasteiger partial charge in [0.15, 0.2) is 6.61 Å². The van der Waals surface area contributed by atoms with Crippen LogP contribution in [0, 0.1) is 0 Å². The number of nitrogens with one attached hydrogen (secondary N) is 2. The highest BCUT2D eigenvalue weighted by atomic mass is 16.5. The molecule has 2 aromatic carbocycles. The number of carbonyl (C=O) groups is 4. The average molecular weight is 421 g/mol. The number of benzene rings is 2. The van der Waals surface area contributed by atoms with Gasteiger partial charge >= 0.3 is 5.97 Å². The van der Waals surface area contributed by atoms with E-state index < -0.39 is 30.4 Å². The van der Waals surface area contributed by atoms with Gasteiger partial charge in [-0.25, -0.2) is 0 Å². The van der Waals surface area contributed by atoms with Crippen molar-refractivity contribution in [1.82, 2.24) is 5.32 Å². The first-order chi connectivity index (χ1) is 14.9. The first-order valence-corrected chi connectivity index (χ1v) is 9.81. The van der Waals surface area contributed by atoms with E-state index >= 15 is 0 Å². The summed E-state index contributed by atoms with van der Waals surface area (Å²) in [6.45, 7) is 0.888. The topological polar surface area (TPSA) is 105 Å². The number of esters is 1.